The molecule has 0 radical (unpaired) electrons. The number of carbonyl (C=O) groups is 3. The smallest absolute Gasteiger partial charge is 0.308 e. The van der Waals surface area contributed by atoms with Gasteiger partial charge < -0.3 is 15.4 Å². The van der Waals surface area contributed by atoms with E-state index in [-0.39, 0.29) is 36.2 Å². The van der Waals surface area contributed by atoms with Crippen molar-refractivity contribution in [2.24, 2.45) is 5.92 Å². The lowest BCUT2D eigenvalue weighted by atomic mass is 10.0. The molecule has 148 valence electrons. The van der Waals surface area contributed by atoms with Gasteiger partial charge >= 0.3 is 5.97 Å². The number of hydrogen-bond acceptors (Lipinski definition) is 5. The van der Waals surface area contributed by atoms with Gasteiger partial charge in [0.15, 0.2) is 0 Å². The average Bonchev–Trinajstić information content (AvgIpc) is 3.41. The van der Waals surface area contributed by atoms with Gasteiger partial charge in [-0.3, -0.25) is 14.4 Å². The van der Waals surface area contributed by atoms with E-state index in [0.29, 0.717) is 9.88 Å². The lowest BCUT2D eigenvalue weighted by Gasteiger charge is -2.19. The number of benzene rings is 1. The fourth-order valence-corrected chi connectivity index (χ4v) is 3.55. The van der Waals surface area contributed by atoms with Crippen LogP contribution in [0.3, 0.4) is 0 Å². The van der Waals surface area contributed by atoms with Crippen LogP contribution < -0.4 is 10.6 Å². The molecule has 1 aromatic heterocycles. The third-order valence-corrected chi connectivity index (χ3v) is 5.27. The topological polar surface area (TPSA) is 84.5 Å². The monoisotopic (exact) mass is 400 g/mol. The van der Waals surface area contributed by atoms with E-state index in [9.17, 15) is 14.4 Å². The van der Waals surface area contributed by atoms with Crippen molar-refractivity contribution in [3.05, 3.63) is 52.9 Å². The Balaban J connectivity index is 1.67. The Morgan fingerprint density at radius 1 is 1.11 bits per heavy atom. The minimum atomic E-state index is -0.494. The number of rotatable bonds is 8. The third kappa shape index (κ3) is 5.66. The van der Waals surface area contributed by atoms with Crippen molar-refractivity contribution in [3.63, 3.8) is 0 Å². The predicted molar refractivity (Wildman–Crippen MR) is 108 cm³/mol. The first kappa shape index (κ1) is 20.1. The van der Waals surface area contributed by atoms with Crippen molar-refractivity contribution in [2.75, 3.05) is 5.32 Å². The Kier molecular flexibility index (Phi) is 6.46. The van der Waals surface area contributed by atoms with Crippen LogP contribution in [0, 0.1) is 5.92 Å². The summed E-state index contributed by atoms with van der Waals surface area (Å²) in [4.78, 5) is 37.2. The van der Waals surface area contributed by atoms with Crippen LogP contribution in [0.15, 0.2) is 42.5 Å². The zero-order valence-electron chi connectivity index (χ0n) is 15.9. The van der Waals surface area contributed by atoms with Gasteiger partial charge in [0.2, 0.25) is 5.91 Å². The highest BCUT2D eigenvalue weighted by Crippen LogP contribution is 2.31. The molecule has 1 saturated carbocycles. The van der Waals surface area contributed by atoms with E-state index < -0.39 is 6.04 Å². The molecule has 28 heavy (non-hydrogen) atoms. The molecule has 0 spiro atoms. The summed E-state index contributed by atoms with van der Waals surface area (Å²) in [5, 5.41) is 6.41. The van der Waals surface area contributed by atoms with Crippen LogP contribution in [0.5, 0.6) is 0 Å². The Bertz CT molecular complexity index is 843. The second-order valence-corrected chi connectivity index (χ2v) is 8.19. The van der Waals surface area contributed by atoms with Gasteiger partial charge in [-0.05, 0) is 44.4 Å². The summed E-state index contributed by atoms with van der Waals surface area (Å²) < 4.78 is 5.23. The molecule has 7 heteroatoms. The molecule has 1 aromatic carbocycles. The molecule has 2 N–H and O–H groups in total. The summed E-state index contributed by atoms with van der Waals surface area (Å²) in [6, 6.07) is 12.2. The van der Waals surface area contributed by atoms with Crippen molar-refractivity contribution in [1.29, 1.82) is 0 Å². The molecule has 0 aliphatic heterocycles. The quantitative estimate of drug-likeness (QED) is 0.658. The molecule has 0 saturated heterocycles. The average molecular weight is 401 g/mol. The van der Waals surface area contributed by atoms with E-state index in [1.54, 1.807) is 26.0 Å². The molecule has 1 atom stereocenters. The van der Waals surface area contributed by atoms with Gasteiger partial charge in [0, 0.05) is 5.92 Å². The van der Waals surface area contributed by atoms with E-state index in [1.165, 1.54) is 11.3 Å². The third-order valence-electron chi connectivity index (χ3n) is 4.27. The number of amides is 2. The van der Waals surface area contributed by atoms with Gasteiger partial charge in [0.1, 0.15) is 0 Å². The first-order valence-electron chi connectivity index (χ1n) is 9.38. The molecule has 1 heterocycles. The maximum absolute atomic E-state index is 12.7. The van der Waals surface area contributed by atoms with Gasteiger partial charge in [-0.1, -0.05) is 30.3 Å². The standard InChI is InChI=1S/C21H24N2O4S/c1-13(2)27-19(24)12-16(14-6-4-3-5-7-14)22-21(26)17-10-11-18(28-17)23-20(25)15-8-9-15/h3-7,10-11,13,15-16H,8-9,12H2,1-2H3,(H,22,26)(H,23,25). The van der Waals surface area contributed by atoms with Crippen LogP contribution in [0.25, 0.3) is 0 Å². The second kappa shape index (κ2) is 9.01. The number of esters is 1. The molecule has 1 unspecified atom stereocenters. The van der Waals surface area contributed by atoms with Crippen LogP contribution in [-0.2, 0) is 14.3 Å². The SMILES string of the molecule is CC(C)OC(=O)CC(NC(=O)c1ccc(NC(=O)C2CC2)s1)c1ccccc1. The maximum atomic E-state index is 12.7. The van der Waals surface area contributed by atoms with E-state index in [4.69, 9.17) is 4.74 Å². The Hall–Kier alpha value is -2.67. The van der Waals surface area contributed by atoms with Crippen molar-refractivity contribution < 1.29 is 19.1 Å². The summed E-state index contributed by atoms with van der Waals surface area (Å²) in [6.07, 6.45) is 1.69. The van der Waals surface area contributed by atoms with Crippen LogP contribution in [0.2, 0.25) is 0 Å². The number of carbonyl (C=O) groups excluding carboxylic acids is 3. The highest BCUT2D eigenvalue weighted by molar-refractivity contribution is 7.18. The largest absolute Gasteiger partial charge is 0.463 e. The normalized spacial score (nSPS) is 14.4. The first-order chi connectivity index (χ1) is 13.4. The van der Waals surface area contributed by atoms with Crippen LogP contribution in [-0.4, -0.2) is 23.9 Å². The first-order valence-corrected chi connectivity index (χ1v) is 10.2. The molecule has 1 fully saturated rings. The highest BCUT2D eigenvalue weighted by atomic mass is 32.1. The van der Waals surface area contributed by atoms with Gasteiger partial charge in [0.25, 0.3) is 5.91 Å². The molecular formula is C21H24N2O4S. The molecule has 2 amide bonds. The Morgan fingerprint density at radius 2 is 1.82 bits per heavy atom. The molecule has 3 rings (SSSR count). The minimum Gasteiger partial charge on any atom is -0.463 e. The molecule has 6 nitrogen and oxygen atoms in total. The maximum Gasteiger partial charge on any atom is 0.308 e. The molecule has 0 bridgehead atoms. The van der Waals surface area contributed by atoms with Gasteiger partial charge in [-0.25, -0.2) is 0 Å². The van der Waals surface area contributed by atoms with Crippen LogP contribution in [0.4, 0.5) is 5.00 Å². The molecular weight excluding hydrogens is 376 g/mol. The fourth-order valence-electron chi connectivity index (χ4n) is 2.74. The van der Waals surface area contributed by atoms with Crippen molar-refractivity contribution >= 4 is 34.1 Å². The van der Waals surface area contributed by atoms with Crippen LogP contribution in [0.1, 0.15) is 54.4 Å². The summed E-state index contributed by atoms with van der Waals surface area (Å²) >= 11 is 1.22. The Morgan fingerprint density at radius 3 is 2.46 bits per heavy atom. The number of hydrogen-bond donors (Lipinski definition) is 2. The van der Waals surface area contributed by atoms with E-state index in [0.717, 1.165) is 18.4 Å². The van der Waals surface area contributed by atoms with Gasteiger partial charge in [-0.2, -0.15) is 0 Å². The van der Waals surface area contributed by atoms with Crippen LogP contribution >= 0.6 is 11.3 Å². The Labute approximate surface area is 168 Å². The number of anilines is 1. The van der Waals surface area contributed by atoms with E-state index in [1.807, 2.05) is 30.3 Å². The van der Waals surface area contributed by atoms with Gasteiger partial charge in [-0.15, -0.1) is 11.3 Å². The van der Waals surface area contributed by atoms with Gasteiger partial charge in [0.05, 0.1) is 28.4 Å². The lowest BCUT2D eigenvalue weighted by molar-refractivity contribution is -0.148. The highest BCUT2D eigenvalue weighted by Gasteiger charge is 2.30. The molecule has 2 aromatic rings. The summed E-state index contributed by atoms with van der Waals surface area (Å²) in [5.74, 6) is -0.544. The number of nitrogens with one attached hydrogen (secondary N) is 2. The zero-order chi connectivity index (χ0) is 20.1. The van der Waals surface area contributed by atoms with Crippen molar-refractivity contribution in [3.8, 4) is 0 Å². The molecule has 1 aliphatic carbocycles. The second-order valence-electron chi connectivity index (χ2n) is 7.11. The van der Waals surface area contributed by atoms with E-state index in [2.05, 4.69) is 10.6 Å². The summed E-state index contributed by atoms with van der Waals surface area (Å²) in [6.45, 7) is 3.58. The fraction of sp³-hybridized carbons (Fsp3) is 0.381. The predicted octanol–water partition coefficient (Wildman–Crippen LogP) is 3.91. The lowest BCUT2D eigenvalue weighted by Crippen LogP contribution is -2.30. The minimum absolute atomic E-state index is 0.00685. The van der Waals surface area contributed by atoms with Crippen molar-refractivity contribution in [1.82, 2.24) is 5.32 Å². The summed E-state index contributed by atoms with van der Waals surface area (Å²) in [7, 11) is 0. The zero-order valence-corrected chi connectivity index (χ0v) is 16.8. The molecule has 1 aliphatic rings. The summed E-state index contributed by atoms with van der Waals surface area (Å²) in [5.41, 5.74) is 0.829. The van der Waals surface area contributed by atoms with Crippen molar-refractivity contribution in [2.45, 2.75) is 45.3 Å². The number of ether oxygens (including phenoxy) is 1. The van der Waals surface area contributed by atoms with E-state index >= 15 is 0 Å². The number of thiophene rings is 1.